The van der Waals surface area contributed by atoms with E-state index in [0.717, 1.165) is 77.0 Å². The molecule has 0 aliphatic heterocycles. The van der Waals surface area contributed by atoms with E-state index in [0.29, 0.717) is 19.3 Å². The van der Waals surface area contributed by atoms with Crippen molar-refractivity contribution in [3.8, 4) is 0 Å². The van der Waals surface area contributed by atoms with Crippen molar-refractivity contribution in [2.45, 2.75) is 284 Å². The third kappa shape index (κ3) is 53.7. The molecule has 0 radical (unpaired) electrons. The van der Waals surface area contributed by atoms with Crippen LogP contribution in [-0.2, 0) is 28.6 Å². The lowest BCUT2D eigenvalue weighted by Crippen LogP contribution is -2.30. The maximum absolute atomic E-state index is 12.8. The quantitative estimate of drug-likeness (QED) is 0.0262. The first-order valence-electron chi connectivity index (χ1n) is 28.4. The number of hydrogen-bond acceptors (Lipinski definition) is 6. The van der Waals surface area contributed by atoms with Crippen molar-refractivity contribution in [3.63, 3.8) is 0 Å². The van der Waals surface area contributed by atoms with Gasteiger partial charge in [0.05, 0.1) is 0 Å². The Morgan fingerprint density at radius 1 is 0.313 bits per heavy atom. The summed E-state index contributed by atoms with van der Waals surface area (Å²) >= 11 is 0. The fourth-order valence-corrected chi connectivity index (χ4v) is 8.00. The highest BCUT2D eigenvalue weighted by atomic mass is 16.6. The number of rotatable bonds is 51. The second-order valence-corrected chi connectivity index (χ2v) is 18.8. The maximum atomic E-state index is 12.8. The minimum atomic E-state index is -0.812. The zero-order chi connectivity index (χ0) is 48.6. The van der Waals surface area contributed by atoms with E-state index in [1.54, 1.807) is 0 Å². The van der Waals surface area contributed by atoms with Gasteiger partial charge in [-0.05, 0) is 57.8 Å². The molecule has 0 atom stereocenters. The molecule has 0 aromatic carbocycles. The predicted molar refractivity (Wildman–Crippen MR) is 288 cm³/mol. The van der Waals surface area contributed by atoms with Crippen LogP contribution in [0.5, 0.6) is 0 Å². The summed E-state index contributed by atoms with van der Waals surface area (Å²) in [4.78, 5) is 38.1. The minimum absolute atomic E-state index is 0.102. The molecule has 0 saturated heterocycles. The minimum Gasteiger partial charge on any atom is -0.462 e. The second kappa shape index (κ2) is 55.4. The van der Waals surface area contributed by atoms with Gasteiger partial charge in [-0.2, -0.15) is 0 Å². The Kier molecular flexibility index (Phi) is 52.8. The van der Waals surface area contributed by atoms with E-state index in [1.165, 1.54) is 154 Å². The largest absolute Gasteiger partial charge is 0.462 e. The Hall–Kier alpha value is -3.15. The standard InChI is InChI=1S/C61H106O6/c1-4-7-10-13-16-19-22-25-28-29-30-31-34-37-40-43-46-49-52-55-61(64)67-58(56-65-59(62)53-50-47-44-41-38-35-32-26-23-20-17-14-11-8-5-2)57-66-60(63)54-51-48-45-42-39-36-33-27-24-21-18-15-12-9-6-3/h7,10,16,19,25,28,30-31,37,40,46,49,58H,4-6,8-9,11-15,17-18,20-24,26-27,29,32-36,38-39,41-45,47-48,50-57H2,1-3H3/b10-7-,19-16-,28-25-,31-30-,40-37-,49-46-. The maximum Gasteiger partial charge on any atom is 0.306 e. The summed E-state index contributed by atoms with van der Waals surface area (Å²) in [5.74, 6) is -0.975. The van der Waals surface area contributed by atoms with Gasteiger partial charge >= 0.3 is 17.9 Å². The van der Waals surface area contributed by atoms with Crippen LogP contribution in [0.2, 0.25) is 0 Å². The van der Waals surface area contributed by atoms with Crippen LogP contribution in [0, 0.1) is 0 Å². The highest BCUT2D eigenvalue weighted by Gasteiger charge is 2.19. The molecule has 0 aromatic heterocycles. The molecule has 0 saturated carbocycles. The number of ether oxygens (including phenoxy) is 3. The zero-order valence-corrected chi connectivity index (χ0v) is 44.2. The van der Waals surface area contributed by atoms with Gasteiger partial charge in [0.2, 0.25) is 0 Å². The van der Waals surface area contributed by atoms with Crippen molar-refractivity contribution < 1.29 is 28.6 Å². The number of hydrogen-bond donors (Lipinski definition) is 0. The van der Waals surface area contributed by atoms with E-state index in [2.05, 4.69) is 87.6 Å². The number of allylic oxidation sites excluding steroid dienone is 12. The van der Waals surface area contributed by atoms with Gasteiger partial charge in [0.1, 0.15) is 13.2 Å². The fraction of sp³-hybridized carbons (Fsp3) is 0.754. The van der Waals surface area contributed by atoms with Crippen LogP contribution in [0.1, 0.15) is 278 Å². The lowest BCUT2D eigenvalue weighted by molar-refractivity contribution is -0.166. The molecule has 0 heterocycles. The summed E-state index contributed by atoms with van der Waals surface area (Å²) in [6, 6.07) is 0. The van der Waals surface area contributed by atoms with Crippen molar-refractivity contribution in [3.05, 3.63) is 72.9 Å². The Bertz CT molecular complexity index is 1210. The topological polar surface area (TPSA) is 78.9 Å². The third-order valence-electron chi connectivity index (χ3n) is 12.2. The molecular formula is C61H106O6. The molecule has 6 nitrogen and oxygen atoms in total. The molecule has 0 rings (SSSR count). The van der Waals surface area contributed by atoms with Crippen molar-refractivity contribution in [1.29, 1.82) is 0 Å². The van der Waals surface area contributed by atoms with Crippen LogP contribution >= 0.6 is 0 Å². The average Bonchev–Trinajstić information content (AvgIpc) is 3.33. The summed E-state index contributed by atoms with van der Waals surface area (Å²) in [5, 5.41) is 0. The number of esters is 3. The van der Waals surface area contributed by atoms with E-state index < -0.39 is 6.10 Å². The van der Waals surface area contributed by atoms with Gasteiger partial charge in [-0.25, -0.2) is 0 Å². The Morgan fingerprint density at radius 2 is 0.582 bits per heavy atom. The normalized spacial score (nSPS) is 12.2. The van der Waals surface area contributed by atoms with Crippen LogP contribution < -0.4 is 0 Å². The van der Waals surface area contributed by atoms with Gasteiger partial charge in [-0.15, -0.1) is 0 Å². The number of carbonyl (C=O) groups is 3. The summed E-state index contributed by atoms with van der Waals surface area (Å²) in [6.45, 7) is 6.49. The SMILES string of the molecule is CC/C=C\C/C=C\C/C=C\C/C=C\C/C=C\C/C=C\CCC(=O)OC(COC(=O)CCCCCCCCCCCCCCCCC)COC(=O)CCCCCCCCCCCCCCCCC. The molecule has 0 N–H and O–H groups in total. The number of carbonyl (C=O) groups excluding carboxylic acids is 3. The molecule has 0 unspecified atom stereocenters. The molecule has 0 fully saturated rings. The van der Waals surface area contributed by atoms with Crippen LogP contribution in [0.15, 0.2) is 72.9 Å². The molecule has 386 valence electrons. The average molecular weight is 936 g/mol. The van der Waals surface area contributed by atoms with Crippen molar-refractivity contribution >= 4 is 17.9 Å². The molecule has 0 spiro atoms. The van der Waals surface area contributed by atoms with E-state index in [1.807, 2.05) is 6.08 Å². The molecule has 6 heteroatoms. The smallest absolute Gasteiger partial charge is 0.306 e. The van der Waals surface area contributed by atoms with Crippen molar-refractivity contribution in [2.75, 3.05) is 13.2 Å². The van der Waals surface area contributed by atoms with E-state index in [4.69, 9.17) is 14.2 Å². The molecule has 67 heavy (non-hydrogen) atoms. The Morgan fingerprint density at radius 3 is 0.881 bits per heavy atom. The lowest BCUT2D eigenvalue weighted by atomic mass is 10.0. The summed E-state index contributed by atoms with van der Waals surface area (Å²) in [7, 11) is 0. The van der Waals surface area contributed by atoms with Crippen molar-refractivity contribution in [2.24, 2.45) is 0 Å². The molecular weight excluding hydrogens is 829 g/mol. The van der Waals surface area contributed by atoms with Gasteiger partial charge in [-0.3, -0.25) is 14.4 Å². The van der Waals surface area contributed by atoms with Gasteiger partial charge < -0.3 is 14.2 Å². The molecule has 0 aromatic rings. The lowest BCUT2D eigenvalue weighted by Gasteiger charge is -2.18. The summed E-state index contributed by atoms with van der Waals surface area (Å²) in [5.41, 5.74) is 0. The zero-order valence-electron chi connectivity index (χ0n) is 44.2. The van der Waals surface area contributed by atoms with Crippen LogP contribution in [0.3, 0.4) is 0 Å². The number of unbranched alkanes of at least 4 members (excludes halogenated alkanes) is 28. The second-order valence-electron chi connectivity index (χ2n) is 18.8. The first-order valence-corrected chi connectivity index (χ1v) is 28.4. The van der Waals surface area contributed by atoms with Crippen LogP contribution in [0.25, 0.3) is 0 Å². The van der Waals surface area contributed by atoms with E-state index in [9.17, 15) is 14.4 Å². The molecule has 0 aliphatic rings. The van der Waals surface area contributed by atoms with Gasteiger partial charge in [0.15, 0.2) is 6.10 Å². The van der Waals surface area contributed by atoms with Gasteiger partial charge in [0.25, 0.3) is 0 Å². The third-order valence-corrected chi connectivity index (χ3v) is 12.2. The van der Waals surface area contributed by atoms with Gasteiger partial charge in [0, 0.05) is 19.3 Å². The molecule has 0 amide bonds. The summed E-state index contributed by atoms with van der Waals surface area (Å²) in [6.07, 6.45) is 70.4. The highest BCUT2D eigenvalue weighted by molar-refractivity contribution is 5.71. The Balaban J connectivity index is 4.48. The molecule has 0 aliphatic carbocycles. The monoisotopic (exact) mass is 935 g/mol. The first-order chi connectivity index (χ1) is 33.0. The van der Waals surface area contributed by atoms with Crippen molar-refractivity contribution in [1.82, 2.24) is 0 Å². The van der Waals surface area contributed by atoms with Crippen LogP contribution in [0.4, 0.5) is 0 Å². The van der Waals surface area contributed by atoms with Gasteiger partial charge in [-0.1, -0.05) is 273 Å². The van der Waals surface area contributed by atoms with Crippen LogP contribution in [-0.4, -0.2) is 37.2 Å². The summed E-state index contributed by atoms with van der Waals surface area (Å²) < 4.78 is 16.8. The highest BCUT2D eigenvalue weighted by Crippen LogP contribution is 2.16. The van der Waals surface area contributed by atoms with E-state index >= 15 is 0 Å². The van der Waals surface area contributed by atoms with E-state index in [-0.39, 0.29) is 37.5 Å². The molecule has 0 bridgehead atoms. The predicted octanol–water partition coefficient (Wildman–Crippen LogP) is 19.0. The fourth-order valence-electron chi connectivity index (χ4n) is 8.00. The Labute approximate surface area is 414 Å². The first kappa shape index (κ1) is 63.8.